The molecule has 0 saturated heterocycles. The summed E-state index contributed by atoms with van der Waals surface area (Å²) in [5.41, 5.74) is 0.760. The molecule has 0 aliphatic carbocycles. The SMILES string of the molecule is O=C(O)COc1cccc(CNC(=O)CCCOc2ccc(F)cc2F)c1. The molecule has 0 heterocycles. The molecule has 0 saturated carbocycles. The van der Waals surface area contributed by atoms with Crippen molar-refractivity contribution in [3.05, 3.63) is 59.7 Å². The van der Waals surface area contributed by atoms with Crippen molar-refractivity contribution in [2.24, 2.45) is 0 Å². The number of aliphatic carboxylic acids is 1. The largest absolute Gasteiger partial charge is 0.491 e. The molecule has 144 valence electrons. The van der Waals surface area contributed by atoms with E-state index in [1.165, 1.54) is 6.07 Å². The molecule has 2 aromatic rings. The third kappa shape index (κ3) is 7.31. The Balaban J connectivity index is 1.68. The fraction of sp³-hybridized carbons (Fsp3) is 0.263. The molecule has 0 fully saturated rings. The summed E-state index contributed by atoms with van der Waals surface area (Å²) in [6.07, 6.45) is 0.544. The fourth-order valence-corrected chi connectivity index (χ4v) is 2.19. The highest BCUT2D eigenvalue weighted by molar-refractivity contribution is 5.75. The normalized spacial score (nSPS) is 10.3. The van der Waals surface area contributed by atoms with Crippen LogP contribution in [0.15, 0.2) is 42.5 Å². The van der Waals surface area contributed by atoms with Crippen LogP contribution in [0, 0.1) is 11.6 Å². The van der Waals surface area contributed by atoms with Crippen LogP contribution < -0.4 is 14.8 Å². The van der Waals surface area contributed by atoms with Crippen LogP contribution in [-0.4, -0.2) is 30.2 Å². The molecule has 6 nitrogen and oxygen atoms in total. The van der Waals surface area contributed by atoms with Crippen LogP contribution in [0.4, 0.5) is 8.78 Å². The van der Waals surface area contributed by atoms with Gasteiger partial charge in [0.2, 0.25) is 5.91 Å². The number of carbonyl (C=O) groups excluding carboxylic acids is 1. The molecule has 0 aromatic heterocycles. The lowest BCUT2D eigenvalue weighted by Gasteiger charge is -2.09. The van der Waals surface area contributed by atoms with E-state index in [1.807, 2.05) is 0 Å². The van der Waals surface area contributed by atoms with Gasteiger partial charge in [-0.25, -0.2) is 13.6 Å². The van der Waals surface area contributed by atoms with E-state index in [9.17, 15) is 18.4 Å². The van der Waals surface area contributed by atoms with Gasteiger partial charge < -0.3 is 19.9 Å². The Morgan fingerprint density at radius 2 is 1.89 bits per heavy atom. The molecule has 27 heavy (non-hydrogen) atoms. The highest BCUT2D eigenvalue weighted by atomic mass is 19.1. The molecule has 2 aromatic carbocycles. The first-order valence-corrected chi connectivity index (χ1v) is 8.22. The topological polar surface area (TPSA) is 84.9 Å². The minimum Gasteiger partial charge on any atom is -0.491 e. The molecular weight excluding hydrogens is 360 g/mol. The molecule has 8 heteroatoms. The second-order valence-corrected chi connectivity index (χ2v) is 5.63. The Labute approximate surface area is 154 Å². The van der Waals surface area contributed by atoms with Crippen molar-refractivity contribution < 1.29 is 33.0 Å². The summed E-state index contributed by atoms with van der Waals surface area (Å²) < 4.78 is 36.4. The van der Waals surface area contributed by atoms with Gasteiger partial charge in [0.25, 0.3) is 0 Å². The van der Waals surface area contributed by atoms with Crippen LogP contribution in [0.2, 0.25) is 0 Å². The van der Waals surface area contributed by atoms with Gasteiger partial charge in [0, 0.05) is 19.0 Å². The minimum atomic E-state index is -1.07. The lowest BCUT2D eigenvalue weighted by molar-refractivity contribution is -0.139. The van der Waals surface area contributed by atoms with Crippen molar-refractivity contribution in [3.8, 4) is 11.5 Å². The van der Waals surface area contributed by atoms with E-state index in [1.54, 1.807) is 24.3 Å². The molecule has 2 rings (SSSR count). The number of hydrogen-bond donors (Lipinski definition) is 2. The van der Waals surface area contributed by atoms with Gasteiger partial charge in [0.1, 0.15) is 11.6 Å². The molecule has 0 unspecified atom stereocenters. The van der Waals surface area contributed by atoms with E-state index in [4.69, 9.17) is 14.6 Å². The zero-order valence-corrected chi connectivity index (χ0v) is 14.4. The van der Waals surface area contributed by atoms with Crippen molar-refractivity contribution in [1.29, 1.82) is 0 Å². The van der Waals surface area contributed by atoms with Crippen molar-refractivity contribution in [1.82, 2.24) is 5.32 Å². The zero-order valence-electron chi connectivity index (χ0n) is 14.4. The monoisotopic (exact) mass is 379 g/mol. The second-order valence-electron chi connectivity index (χ2n) is 5.63. The van der Waals surface area contributed by atoms with Crippen LogP contribution in [0.1, 0.15) is 18.4 Å². The minimum absolute atomic E-state index is 0.0602. The maximum absolute atomic E-state index is 13.4. The van der Waals surface area contributed by atoms with Crippen molar-refractivity contribution in [2.45, 2.75) is 19.4 Å². The molecule has 0 aliphatic rings. The van der Waals surface area contributed by atoms with Gasteiger partial charge in [-0.05, 0) is 36.2 Å². The number of nitrogens with one attached hydrogen (secondary N) is 1. The van der Waals surface area contributed by atoms with Gasteiger partial charge in [0.05, 0.1) is 6.61 Å². The van der Waals surface area contributed by atoms with Crippen molar-refractivity contribution in [2.75, 3.05) is 13.2 Å². The number of ether oxygens (including phenoxy) is 2. The zero-order chi connectivity index (χ0) is 19.6. The maximum Gasteiger partial charge on any atom is 0.341 e. The molecule has 0 spiro atoms. The van der Waals surface area contributed by atoms with E-state index in [-0.39, 0.29) is 31.2 Å². The van der Waals surface area contributed by atoms with Crippen LogP contribution in [0.25, 0.3) is 0 Å². The first-order chi connectivity index (χ1) is 12.9. The third-order valence-electron chi connectivity index (χ3n) is 3.45. The Bertz CT molecular complexity index is 797. The third-order valence-corrected chi connectivity index (χ3v) is 3.45. The lowest BCUT2D eigenvalue weighted by Crippen LogP contribution is -2.23. The predicted octanol–water partition coefficient (Wildman–Crippen LogP) is 2.90. The standard InChI is InChI=1S/C19H19F2NO5/c20-14-6-7-17(16(21)10-14)26-8-2-5-18(23)22-11-13-3-1-4-15(9-13)27-12-19(24)25/h1,3-4,6-7,9-10H,2,5,8,11-12H2,(H,22,23)(H,24,25). The molecular formula is C19H19F2NO5. The summed E-state index contributed by atoms with van der Waals surface area (Å²) in [5, 5.41) is 11.3. The van der Waals surface area contributed by atoms with Crippen LogP contribution in [-0.2, 0) is 16.1 Å². The van der Waals surface area contributed by atoms with Gasteiger partial charge in [-0.3, -0.25) is 4.79 Å². The lowest BCUT2D eigenvalue weighted by atomic mass is 10.2. The fourth-order valence-electron chi connectivity index (χ4n) is 2.19. The molecule has 0 aliphatic heterocycles. The highest BCUT2D eigenvalue weighted by Gasteiger charge is 2.07. The average molecular weight is 379 g/mol. The van der Waals surface area contributed by atoms with E-state index in [0.717, 1.165) is 17.7 Å². The first kappa shape index (κ1) is 20.2. The summed E-state index contributed by atoms with van der Waals surface area (Å²) in [6, 6.07) is 9.77. The summed E-state index contributed by atoms with van der Waals surface area (Å²) >= 11 is 0. The Morgan fingerprint density at radius 1 is 1.07 bits per heavy atom. The molecule has 1 amide bonds. The second kappa shape index (κ2) is 10.1. The maximum atomic E-state index is 13.4. The number of carbonyl (C=O) groups is 2. The quantitative estimate of drug-likeness (QED) is 0.620. The number of rotatable bonds is 10. The number of hydrogen-bond acceptors (Lipinski definition) is 4. The van der Waals surface area contributed by atoms with E-state index in [0.29, 0.717) is 12.2 Å². The van der Waals surface area contributed by atoms with Crippen LogP contribution in [0.3, 0.4) is 0 Å². The summed E-state index contributed by atoms with van der Waals surface area (Å²) in [7, 11) is 0. The van der Waals surface area contributed by atoms with Gasteiger partial charge in [0.15, 0.2) is 18.2 Å². The van der Waals surface area contributed by atoms with Gasteiger partial charge in [-0.15, -0.1) is 0 Å². The van der Waals surface area contributed by atoms with Gasteiger partial charge in [-0.2, -0.15) is 0 Å². The summed E-state index contributed by atoms with van der Waals surface area (Å²) in [5.74, 6) is -2.42. The van der Waals surface area contributed by atoms with Crippen molar-refractivity contribution in [3.63, 3.8) is 0 Å². The van der Waals surface area contributed by atoms with Gasteiger partial charge >= 0.3 is 5.97 Å². The molecule has 0 radical (unpaired) electrons. The average Bonchev–Trinajstić information content (AvgIpc) is 2.63. The number of carboxylic acids is 1. The first-order valence-electron chi connectivity index (χ1n) is 8.22. The molecule has 0 atom stereocenters. The Hall–Kier alpha value is -3.16. The number of halogens is 2. The van der Waals surface area contributed by atoms with Crippen LogP contribution in [0.5, 0.6) is 11.5 Å². The molecule has 2 N–H and O–H groups in total. The Kier molecular flexibility index (Phi) is 7.54. The summed E-state index contributed by atoms with van der Waals surface area (Å²) in [6.45, 7) is -0.0600. The number of benzene rings is 2. The van der Waals surface area contributed by atoms with Gasteiger partial charge in [-0.1, -0.05) is 12.1 Å². The van der Waals surface area contributed by atoms with Crippen LogP contribution >= 0.6 is 0 Å². The molecule has 0 bridgehead atoms. The summed E-state index contributed by atoms with van der Waals surface area (Å²) in [4.78, 5) is 22.3. The van der Waals surface area contributed by atoms with Crippen molar-refractivity contribution >= 4 is 11.9 Å². The smallest absolute Gasteiger partial charge is 0.341 e. The van der Waals surface area contributed by atoms with E-state index in [2.05, 4.69) is 5.32 Å². The highest BCUT2D eigenvalue weighted by Crippen LogP contribution is 2.18. The predicted molar refractivity (Wildman–Crippen MR) is 92.5 cm³/mol. The van der Waals surface area contributed by atoms with E-state index < -0.39 is 24.2 Å². The number of carboxylic acid groups (broad SMARTS) is 1. The van der Waals surface area contributed by atoms with E-state index >= 15 is 0 Å². The number of amides is 1. The Morgan fingerprint density at radius 3 is 2.63 bits per heavy atom.